The molecule has 1 aliphatic rings. The molecule has 0 radical (unpaired) electrons. The fourth-order valence-electron chi connectivity index (χ4n) is 2.03. The van der Waals surface area contributed by atoms with Crippen molar-refractivity contribution in [3.8, 4) is 0 Å². The Morgan fingerprint density at radius 1 is 1.47 bits per heavy atom. The third-order valence-electron chi connectivity index (χ3n) is 2.95. The number of piperidine rings is 1. The lowest BCUT2D eigenvalue weighted by Gasteiger charge is -2.34. The highest BCUT2D eigenvalue weighted by molar-refractivity contribution is 6.29. The molecule has 1 aromatic rings. The summed E-state index contributed by atoms with van der Waals surface area (Å²) in [6, 6.07) is 2.99. The Bertz CT molecular complexity index is 396. The number of amides is 1. The molecule has 2 rings (SSSR count). The molecule has 0 spiro atoms. The largest absolute Gasteiger partial charge is 0.394 e. The van der Waals surface area contributed by atoms with Gasteiger partial charge in [-0.3, -0.25) is 4.79 Å². The lowest BCUT2D eigenvalue weighted by Crippen LogP contribution is -2.45. The number of likely N-dealkylation sites (tertiary alicyclic amines) is 1. The standard InChI is InChI=1S/C11H14ClN3O2/c12-10-5-4-9(13-14-10)11(17)15-6-2-1-3-8(15)7-16/h4-5,8,16H,1-3,6-7H2. The van der Waals surface area contributed by atoms with Crippen LogP contribution in [0.4, 0.5) is 0 Å². The number of nitrogens with zero attached hydrogens (tertiary/aromatic N) is 3. The molecule has 0 aliphatic carbocycles. The van der Waals surface area contributed by atoms with E-state index in [-0.39, 0.29) is 29.4 Å². The average molecular weight is 256 g/mol. The number of aliphatic hydroxyl groups is 1. The average Bonchev–Trinajstić information content (AvgIpc) is 2.39. The summed E-state index contributed by atoms with van der Waals surface area (Å²) in [5.74, 6) is -0.187. The van der Waals surface area contributed by atoms with E-state index >= 15 is 0 Å². The van der Waals surface area contributed by atoms with Gasteiger partial charge in [0.25, 0.3) is 5.91 Å². The van der Waals surface area contributed by atoms with E-state index in [1.165, 1.54) is 0 Å². The number of hydrogen-bond donors (Lipinski definition) is 1. The first-order valence-corrected chi connectivity index (χ1v) is 6.01. The molecule has 0 aromatic carbocycles. The highest BCUT2D eigenvalue weighted by Gasteiger charge is 2.27. The fraction of sp³-hybridized carbons (Fsp3) is 0.545. The van der Waals surface area contributed by atoms with Gasteiger partial charge in [0, 0.05) is 6.54 Å². The van der Waals surface area contributed by atoms with Crippen LogP contribution >= 0.6 is 11.6 Å². The summed E-state index contributed by atoms with van der Waals surface area (Å²) >= 11 is 5.62. The second-order valence-electron chi connectivity index (χ2n) is 4.07. The number of halogens is 1. The van der Waals surface area contributed by atoms with Crippen molar-refractivity contribution in [2.75, 3.05) is 13.2 Å². The van der Waals surface area contributed by atoms with Gasteiger partial charge in [0.05, 0.1) is 12.6 Å². The maximum atomic E-state index is 12.1. The smallest absolute Gasteiger partial charge is 0.274 e. The Balaban J connectivity index is 2.15. The van der Waals surface area contributed by atoms with Gasteiger partial charge in [-0.05, 0) is 31.4 Å². The van der Waals surface area contributed by atoms with Gasteiger partial charge >= 0.3 is 0 Å². The zero-order chi connectivity index (χ0) is 12.3. The third-order valence-corrected chi connectivity index (χ3v) is 3.15. The quantitative estimate of drug-likeness (QED) is 0.860. The molecule has 6 heteroatoms. The van der Waals surface area contributed by atoms with E-state index in [0.717, 1.165) is 19.3 Å². The second kappa shape index (κ2) is 5.42. The van der Waals surface area contributed by atoms with Crippen LogP contribution in [-0.2, 0) is 0 Å². The SMILES string of the molecule is O=C(c1ccc(Cl)nn1)N1CCCCC1CO. The predicted octanol–water partition coefficient (Wildman–Crippen LogP) is 1.12. The number of carbonyl (C=O) groups excluding carboxylic acids is 1. The van der Waals surface area contributed by atoms with Gasteiger partial charge in [0.1, 0.15) is 0 Å². The van der Waals surface area contributed by atoms with E-state index in [1.54, 1.807) is 17.0 Å². The molecule has 1 fully saturated rings. The van der Waals surface area contributed by atoms with Gasteiger partial charge in [0.2, 0.25) is 0 Å². The first kappa shape index (κ1) is 12.3. The van der Waals surface area contributed by atoms with Gasteiger partial charge in [-0.15, -0.1) is 10.2 Å². The maximum Gasteiger partial charge on any atom is 0.274 e. The summed E-state index contributed by atoms with van der Waals surface area (Å²) in [5, 5.41) is 16.9. The molecule has 1 unspecified atom stereocenters. The molecule has 1 N–H and O–H groups in total. The summed E-state index contributed by atoms with van der Waals surface area (Å²) < 4.78 is 0. The molecule has 1 aromatic heterocycles. The van der Waals surface area contributed by atoms with Crippen molar-refractivity contribution in [1.29, 1.82) is 0 Å². The van der Waals surface area contributed by atoms with Crippen molar-refractivity contribution in [3.05, 3.63) is 23.0 Å². The van der Waals surface area contributed by atoms with E-state index in [2.05, 4.69) is 10.2 Å². The highest BCUT2D eigenvalue weighted by Crippen LogP contribution is 2.18. The molecule has 1 aliphatic heterocycles. The summed E-state index contributed by atoms with van der Waals surface area (Å²) in [5.41, 5.74) is 0.273. The van der Waals surface area contributed by atoms with Crippen molar-refractivity contribution in [1.82, 2.24) is 15.1 Å². The fourth-order valence-corrected chi connectivity index (χ4v) is 2.14. The number of hydrogen-bond acceptors (Lipinski definition) is 4. The third kappa shape index (κ3) is 2.73. The van der Waals surface area contributed by atoms with Crippen LogP contribution in [0.5, 0.6) is 0 Å². The van der Waals surface area contributed by atoms with Gasteiger partial charge in [0.15, 0.2) is 10.8 Å². The summed E-state index contributed by atoms with van der Waals surface area (Å²) in [4.78, 5) is 13.8. The van der Waals surface area contributed by atoms with Gasteiger partial charge in [-0.1, -0.05) is 11.6 Å². The summed E-state index contributed by atoms with van der Waals surface area (Å²) in [7, 11) is 0. The van der Waals surface area contributed by atoms with Gasteiger partial charge in [-0.25, -0.2) is 0 Å². The zero-order valence-electron chi connectivity index (χ0n) is 9.34. The number of rotatable bonds is 2. The van der Waals surface area contributed by atoms with E-state index < -0.39 is 0 Å². The zero-order valence-corrected chi connectivity index (χ0v) is 10.1. The minimum atomic E-state index is -0.187. The topological polar surface area (TPSA) is 66.3 Å². The van der Waals surface area contributed by atoms with Crippen LogP contribution in [0.3, 0.4) is 0 Å². The first-order chi connectivity index (χ1) is 8.22. The van der Waals surface area contributed by atoms with Crippen LogP contribution < -0.4 is 0 Å². The Labute approximate surface area is 104 Å². The Morgan fingerprint density at radius 2 is 2.29 bits per heavy atom. The predicted molar refractivity (Wildman–Crippen MR) is 62.8 cm³/mol. The normalized spacial score (nSPS) is 20.4. The number of carbonyl (C=O) groups is 1. The molecule has 0 bridgehead atoms. The van der Waals surface area contributed by atoms with Crippen LogP contribution in [0.25, 0.3) is 0 Å². The molecule has 92 valence electrons. The second-order valence-corrected chi connectivity index (χ2v) is 4.46. The van der Waals surface area contributed by atoms with E-state index in [4.69, 9.17) is 11.6 Å². The molecule has 17 heavy (non-hydrogen) atoms. The Morgan fingerprint density at radius 3 is 2.94 bits per heavy atom. The highest BCUT2D eigenvalue weighted by atomic mass is 35.5. The van der Waals surface area contributed by atoms with Crippen LogP contribution in [0.1, 0.15) is 29.8 Å². The van der Waals surface area contributed by atoms with Crippen molar-refractivity contribution in [2.24, 2.45) is 0 Å². The molecule has 5 nitrogen and oxygen atoms in total. The number of aliphatic hydroxyl groups excluding tert-OH is 1. The molecule has 0 saturated carbocycles. The molecule has 1 atom stereocenters. The van der Waals surface area contributed by atoms with Crippen molar-refractivity contribution >= 4 is 17.5 Å². The van der Waals surface area contributed by atoms with E-state index in [9.17, 15) is 9.90 Å². The van der Waals surface area contributed by atoms with Crippen LogP contribution in [0, 0.1) is 0 Å². The van der Waals surface area contributed by atoms with Crippen molar-refractivity contribution in [2.45, 2.75) is 25.3 Å². The molecule has 1 saturated heterocycles. The Kier molecular flexibility index (Phi) is 3.91. The molecular formula is C11H14ClN3O2. The van der Waals surface area contributed by atoms with E-state index in [1.807, 2.05) is 0 Å². The number of aromatic nitrogens is 2. The molecule has 1 amide bonds. The van der Waals surface area contributed by atoms with Crippen LogP contribution in [-0.4, -0.2) is 45.3 Å². The Hall–Kier alpha value is -1.20. The monoisotopic (exact) mass is 255 g/mol. The van der Waals surface area contributed by atoms with Crippen molar-refractivity contribution < 1.29 is 9.90 Å². The van der Waals surface area contributed by atoms with Gasteiger partial charge in [-0.2, -0.15) is 0 Å². The maximum absolute atomic E-state index is 12.1. The van der Waals surface area contributed by atoms with Crippen LogP contribution in [0.15, 0.2) is 12.1 Å². The van der Waals surface area contributed by atoms with Crippen LogP contribution in [0.2, 0.25) is 5.15 Å². The van der Waals surface area contributed by atoms with Crippen molar-refractivity contribution in [3.63, 3.8) is 0 Å². The lowest BCUT2D eigenvalue weighted by molar-refractivity contribution is 0.0496. The minimum absolute atomic E-state index is 0.00718. The summed E-state index contributed by atoms with van der Waals surface area (Å²) in [6.45, 7) is 0.654. The van der Waals surface area contributed by atoms with E-state index in [0.29, 0.717) is 6.54 Å². The lowest BCUT2D eigenvalue weighted by atomic mass is 10.0. The van der Waals surface area contributed by atoms with Gasteiger partial charge < -0.3 is 10.0 Å². The molecular weight excluding hydrogens is 242 g/mol. The minimum Gasteiger partial charge on any atom is -0.394 e. The first-order valence-electron chi connectivity index (χ1n) is 5.63. The molecule has 2 heterocycles. The summed E-state index contributed by atoms with van der Waals surface area (Å²) in [6.07, 6.45) is 2.84.